The fourth-order valence-corrected chi connectivity index (χ4v) is 2.64. The molecule has 1 fully saturated rings. The highest BCUT2D eigenvalue weighted by Gasteiger charge is 2.21. The van der Waals surface area contributed by atoms with E-state index in [-0.39, 0.29) is 5.91 Å². The van der Waals surface area contributed by atoms with Gasteiger partial charge in [0.1, 0.15) is 17.6 Å². The average molecular weight is 356 g/mol. The number of hydrogen-bond donors (Lipinski definition) is 2. The molecular weight excluding hydrogens is 332 g/mol. The molecule has 0 radical (unpaired) electrons. The van der Waals surface area contributed by atoms with Crippen LogP contribution in [0.5, 0.6) is 11.5 Å². The maximum atomic E-state index is 12.1. The summed E-state index contributed by atoms with van der Waals surface area (Å²) in [5, 5.41) is 6.00. The van der Waals surface area contributed by atoms with Crippen molar-refractivity contribution in [3.05, 3.63) is 54.1 Å². The third-order valence-corrected chi connectivity index (χ3v) is 4.10. The first-order valence-corrected chi connectivity index (χ1v) is 8.73. The second-order valence-electron chi connectivity index (χ2n) is 6.07. The van der Waals surface area contributed by atoms with Crippen molar-refractivity contribution >= 4 is 11.6 Å². The Morgan fingerprint density at radius 1 is 1.15 bits per heavy atom. The molecule has 1 aliphatic heterocycles. The molecule has 0 bridgehead atoms. The van der Waals surface area contributed by atoms with Gasteiger partial charge < -0.3 is 24.8 Å². The SMILES string of the molecule is COCCc1ccc(Oc2ccc(NC(=O)C3CNCCO3)cc2)cc1. The normalized spacial score (nSPS) is 16.9. The van der Waals surface area contributed by atoms with E-state index >= 15 is 0 Å². The molecule has 1 unspecified atom stereocenters. The zero-order valence-electron chi connectivity index (χ0n) is 14.9. The second kappa shape index (κ2) is 9.33. The Balaban J connectivity index is 1.53. The van der Waals surface area contributed by atoms with Crippen molar-refractivity contribution in [1.29, 1.82) is 0 Å². The highest BCUT2D eigenvalue weighted by Crippen LogP contribution is 2.23. The van der Waals surface area contributed by atoms with E-state index in [9.17, 15) is 4.79 Å². The van der Waals surface area contributed by atoms with Crippen LogP contribution in [0, 0.1) is 0 Å². The largest absolute Gasteiger partial charge is 0.457 e. The number of amides is 1. The molecule has 0 saturated carbocycles. The summed E-state index contributed by atoms with van der Waals surface area (Å²) in [5.41, 5.74) is 1.92. The predicted octanol–water partition coefficient (Wildman–Crippen LogP) is 2.59. The molecule has 2 N–H and O–H groups in total. The molecule has 0 aromatic heterocycles. The lowest BCUT2D eigenvalue weighted by Gasteiger charge is -2.22. The zero-order valence-corrected chi connectivity index (χ0v) is 14.9. The second-order valence-corrected chi connectivity index (χ2v) is 6.07. The topological polar surface area (TPSA) is 68.8 Å². The first kappa shape index (κ1) is 18.4. The Labute approximate surface area is 153 Å². The summed E-state index contributed by atoms with van der Waals surface area (Å²) in [7, 11) is 1.70. The zero-order chi connectivity index (χ0) is 18.2. The molecule has 2 aromatic rings. The van der Waals surface area contributed by atoms with E-state index in [0.29, 0.717) is 31.2 Å². The molecule has 1 aliphatic rings. The highest BCUT2D eigenvalue weighted by molar-refractivity contribution is 5.94. The van der Waals surface area contributed by atoms with Gasteiger partial charge in [0, 0.05) is 25.9 Å². The maximum absolute atomic E-state index is 12.1. The minimum Gasteiger partial charge on any atom is -0.457 e. The molecule has 3 rings (SSSR count). The smallest absolute Gasteiger partial charge is 0.254 e. The fraction of sp³-hybridized carbons (Fsp3) is 0.350. The minimum absolute atomic E-state index is 0.141. The van der Waals surface area contributed by atoms with Gasteiger partial charge >= 0.3 is 0 Å². The highest BCUT2D eigenvalue weighted by atomic mass is 16.5. The molecule has 138 valence electrons. The predicted molar refractivity (Wildman–Crippen MR) is 99.8 cm³/mol. The van der Waals surface area contributed by atoms with Crippen LogP contribution in [0.3, 0.4) is 0 Å². The Hall–Kier alpha value is -2.41. The fourth-order valence-electron chi connectivity index (χ4n) is 2.64. The monoisotopic (exact) mass is 356 g/mol. The minimum atomic E-state index is -0.448. The van der Waals surface area contributed by atoms with Crippen molar-refractivity contribution in [2.75, 3.05) is 38.7 Å². The molecule has 1 atom stereocenters. The Morgan fingerprint density at radius 3 is 2.46 bits per heavy atom. The van der Waals surface area contributed by atoms with E-state index in [4.69, 9.17) is 14.2 Å². The quantitative estimate of drug-likeness (QED) is 0.798. The molecule has 1 amide bonds. The first-order chi connectivity index (χ1) is 12.7. The van der Waals surface area contributed by atoms with Crippen molar-refractivity contribution in [2.45, 2.75) is 12.5 Å². The van der Waals surface area contributed by atoms with Crippen LogP contribution in [0.15, 0.2) is 48.5 Å². The van der Waals surface area contributed by atoms with Crippen LogP contribution >= 0.6 is 0 Å². The van der Waals surface area contributed by atoms with Gasteiger partial charge in [-0.2, -0.15) is 0 Å². The molecule has 6 heteroatoms. The van der Waals surface area contributed by atoms with Crippen LogP contribution in [-0.2, 0) is 20.7 Å². The summed E-state index contributed by atoms with van der Waals surface area (Å²) in [6.45, 7) is 2.57. The van der Waals surface area contributed by atoms with E-state index in [1.165, 1.54) is 5.56 Å². The molecule has 2 aromatic carbocycles. The van der Waals surface area contributed by atoms with Gasteiger partial charge in [0.05, 0.1) is 13.2 Å². The lowest BCUT2D eigenvalue weighted by atomic mass is 10.1. The molecule has 6 nitrogen and oxygen atoms in total. The van der Waals surface area contributed by atoms with Crippen LogP contribution in [0.1, 0.15) is 5.56 Å². The number of carbonyl (C=O) groups excluding carboxylic acids is 1. The number of hydrogen-bond acceptors (Lipinski definition) is 5. The maximum Gasteiger partial charge on any atom is 0.254 e. The summed E-state index contributed by atoms with van der Waals surface area (Å²) in [4.78, 5) is 12.1. The van der Waals surface area contributed by atoms with E-state index in [1.807, 2.05) is 48.5 Å². The summed E-state index contributed by atoms with van der Waals surface area (Å²) >= 11 is 0. The van der Waals surface area contributed by atoms with Gasteiger partial charge in [0.25, 0.3) is 5.91 Å². The van der Waals surface area contributed by atoms with Crippen LogP contribution in [0.4, 0.5) is 5.69 Å². The van der Waals surface area contributed by atoms with Crippen LogP contribution < -0.4 is 15.4 Å². The molecule has 0 spiro atoms. The lowest BCUT2D eigenvalue weighted by molar-refractivity contribution is -0.128. The number of anilines is 1. The Bertz CT molecular complexity index is 695. The van der Waals surface area contributed by atoms with Gasteiger partial charge in [-0.1, -0.05) is 12.1 Å². The molecular formula is C20H24N2O4. The van der Waals surface area contributed by atoms with Crippen molar-refractivity contribution < 1.29 is 19.0 Å². The van der Waals surface area contributed by atoms with E-state index in [0.717, 1.165) is 18.7 Å². The van der Waals surface area contributed by atoms with Crippen molar-refractivity contribution in [2.24, 2.45) is 0 Å². The van der Waals surface area contributed by atoms with Crippen molar-refractivity contribution in [3.63, 3.8) is 0 Å². The van der Waals surface area contributed by atoms with E-state index in [2.05, 4.69) is 10.6 Å². The first-order valence-electron chi connectivity index (χ1n) is 8.73. The lowest BCUT2D eigenvalue weighted by Crippen LogP contribution is -2.45. The average Bonchev–Trinajstić information content (AvgIpc) is 2.69. The van der Waals surface area contributed by atoms with E-state index in [1.54, 1.807) is 7.11 Å². The van der Waals surface area contributed by atoms with Crippen LogP contribution in [0.2, 0.25) is 0 Å². The molecule has 0 aliphatic carbocycles. The molecule has 1 heterocycles. The van der Waals surface area contributed by atoms with Gasteiger partial charge in [-0.05, 0) is 48.4 Å². The summed E-state index contributed by atoms with van der Waals surface area (Å²) in [6, 6.07) is 15.2. The number of rotatable bonds is 7. The summed E-state index contributed by atoms with van der Waals surface area (Å²) in [6.07, 6.45) is 0.432. The number of ether oxygens (including phenoxy) is 3. The van der Waals surface area contributed by atoms with Gasteiger partial charge in [-0.15, -0.1) is 0 Å². The number of morpholine rings is 1. The van der Waals surface area contributed by atoms with Gasteiger partial charge in [-0.3, -0.25) is 4.79 Å². The van der Waals surface area contributed by atoms with Crippen molar-refractivity contribution in [1.82, 2.24) is 5.32 Å². The van der Waals surface area contributed by atoms with Gasteiger partial charge in [-0.25, -0.2) is 0 Å². The van der Waals surface area contributed by atoms with Crippen LogP contribution in [-0.4, -0.2) is 45.4 Å². The van der Waals surface area contributed by atoms with E-state index < -0.39 is 6.10 Å². The standard InChI is InChI=1S/C20H24N2O4/c1-24-12-10-15-2-6-17(7-3-15)26-18-8-4-16(5-9-18)22-20(23)19-14-21-11-13-25-19/h2-9,19,21H,10-14H2,1H3,(H,22,23). The number of nitrogens with one attached hydrogen (secondary N) is 2. The van der Waals surface area contributed by atoms with Crippen LogP contribution in [0.25, 0.3) is 0 Å². The molecule has 26 heavy (non-hydrogen) atoms. The Kier molecular flexibility index (Phi) is 6.60. The third-order valence-electron chi connectivity index (χ3n) is 4.10. The number of methoxy groups -OCH3 is 1. The molecule has 1 saturated heterocycles. The number of carbonyl (C=O) groups is 1. The number of benzene rings is 2. The summed E-state index contributed by atoms with van der Waals surface area (Å²) in [5.74, 6) is 1.34. The van der Waals surface area contributed by atoms with Gasteiger partial charge in [0.15, 0.2) is 0 Å². The van der Waals surface area contributed by atoms with Crippen molar-refractivity contribution in [3.8, 4) is 11.5 Å². The van der Waals surface area contributed by atoms with Gasteiger partial charge in [0.2, 0.25) is 0 Å². The third kappa shape index (κ3) is 5.29. The summed E-state index contributed by atoms with van der Waals surface area (Å²) < 4.78 is 16.4. The Morgan fingerprint density at radius 2 is 1.85 bits per heavy atom.